The zero-order valence-corrected chi connectivity index (χ0v) is 16.2. The van der Waals surface area contributed by atoms with Crippen molar-refractivity contribution in [3.05, 3.63) is 71.0 Å². The second-order valence-electron chi connectivity index (χ2n) is 7.84. The Balaban J connectivity index is 1.61. The van der Waals surface area contributed by atoms with E-state index < -0.39 is 0 Å². The second kappa shape index (κ2) is 10.6. The van der Waals surface area contributed by atoms with Gasteiger partial charge in [-0.3, -0.25) is 0 Å². The summed E-state index contributed by atoms with van der Waals surface area (Å²) in [6, 6.07) is 16.0. The van der Waals surface area contributed by atoms with Crippen molar-refractivity contribution in [3.8, 4) is 0 Å². The van der Waals surface area contributed by atoms with Crippen molar-refractivity contribution in [2.45, 2.75) is 51.6 Å². The first-order chi connectivity index (χ1) is 13.3. The molecule has 146 valence electrons. The van der Waals surface area contributed by atoms with Gasteiger partial charge in [0.2, 0.25) is 0 Å². The molecule has 1 saturated carbocycles. The van der Waals surface area contributed by atoms with E-state index >= 15 is 0 Å². The Morgan fingerprint density at radius 2 is 1.56 bits per heavy atom. The van der Waals surface area contributed by atoms with Crippen molar-refractivity contribution >= 4 is 0 Å². The summed E-state index contributed by atoms with van der Waals surface area (Å²) >= 11 is 0. The molecule has 0 saturated heterocycles. The fraction of sp³-hybridized carbons (Fsp3) is 0.500. The molecule has 1 fully saturated rings. The quantitative estimate of drug-likeness (QED) is 0.673. The molecule has 1 N–H and O–H groups in total. The molecule has 0 bridgehead atoms. The smallest absolute Gasteiger partial charge is 0.131 e. The van der Waals surface area contributed by atoms with E-state index in [9.17, 15) is 9.50 Å². The molecule has 2 aromatic carbocycles. The molecular weight excluding hydrogens is 337 g/mol. The summed E-state index contributed by atoms with van der Waals surface area (Å²) in [6.07, 6.45) is 8.47. The van der Waals surface area contributed by atoms with E-state index in [4.69, 9.17) is 0 Å². The third-order valence-corrected chi connectivity index (χ3v) is 5.83. The van der Waals surface area contributed by atoms with E-state index in [1.807, 2.05) is 12.1 Å². The van der Waals surface area contributed by atoms with Crippen LogP contribution >= 0.6 is 0 Å². The zero-order valence-electron chi connectivity index (χ0n) is 16.2. The van der Waals surface area contributed by atoms with Crippen molar-refractivity contribution in [1.29, 1.82) is 0 Å². The molecule has 27 heavy (non-hydrogen) atoms. The minimum absolute atomic E-state index is 0.235. The average molecular weight is 370 g/mol. The summed E-state index contributed by atoms with van der Waals surface area (Å²) < 4.78 is 14.5. The summed E-state index contributed by atoms with van der Waals surface area (Å²) in [4.78, 5) is 2.52. The van der Waals surface area contributed by atoms with Gasteiger partial charge in [-0.05, 0) is 42.7 Å². The van der Waals surface area contributed by atoms with Crippen LogP contribution in [-0.4, -0.2) is 29.6 Å². The average Bonchev–Trinajstić information content (AvgIpc) is 2.72. The summed E-state index contributed by atoms with van der Waals surface area (Å²) in [6.45, 7) is 2.77. The first-order valence-electron chi connectivity index (χ1n) is 10.4. The highest BCUT2D eigenvalue weighted by Crippen LogP contribution is 2.25. The van der Waals surface area contributed by atoms with E-state index in [-0.39, 0.29) is 12.4 Å². The molecule has 0 radical (unpaired) electrons. The maximum Gasteiger partial charge on any atom is 0.131 e. The van der Waals surface area contributed by atoms with Crippen LogP contribution in [-0.2, 0) is 19.4 Å². The number of halogens is 1. The summed E-state index contributed by atoms with van der Waals surface area (Å²) in [5.74, 6) is 0.545. The zero-order chi connectivity index (χ0) is 18.9. The Morgan fingerprint density at radius 1 is 0.852 bits per heavy atom. The lowest BCUT2D eigenvalue weighted by molar-refractivity contribution is 0.203. The van der Waals surface area contributed by atoms with Crippen LogP contribution in [0.3, 0.4) is 0 Å². The fourth-order valence-corrected chi connectivity index (χ4v) is 4.19. The molecule has 0 aromatic heterocycles. The van der Waals surface area contributed by atoms with Crippen LogP contribution in [0.1, 0.15) is 48.8 Å². The van der Waals surface area contributed by atoms with Gasteiger partial charge >= 0.3 is 0 Å². The SMILES string of the molecule is OCc1cccc(CCN(CCc2ccccc2)CC2CCCCC2)c1F. The first kappa shape index (κ1) is 20.0. The van der Waals surface area contributed by atoms with Gasteiger partial charge in [0, 0.05) is 25.2 Å². The molecule has 1 aliphatic rings. The molecule has 0 amide bonds. The van der Waals surface area contributed by atoms with E-state index in [0.29, 0.717) is 12.0 Å². The van der Waals surface area contributed by atoms with Crippen molar-refractivity contribution in [1.82, 2.24) is 4.90 Å². The number of rotatable bonds is 9. The molecule has 0 heterocycles. The van der Waals surface area contributed by atoms with E-state index in [1.54, 1.807) is 6.07 Å². The van der Waals surface area contributed by atoms with E-state index in [2.05, 4.69) is 35.2 Å². The first-order valence-corrected chi connectivity index (χ1v) is 10.4. The van der Waals surface area contributed by atoms with Crippen molar-refractivity contribution in [3.63, 3.8) is 0 Å². The minimum Gasteiger partial charge on any atom is -0.392 e. The van der Waals surface area contributed by atoms with Crippen molar-refractivity contribution < 1.29 is 9.50 Å². The molecular formula is C24H32FNO. The molecule has 3 heteroatoms. The minimum atomic E-state index is -0.237. The van der Waals surface area contributed by atoms with Gasteiger partial charge in [-0.25, -0.2) is 4.39 Å². The standard InChI is InChI=1S/C24H32FNO/c25-24-22(12-7-13-23(24)19-27)15-17-26(18-21-10-5-2-6-11-21)16-14-20-8-3-1-4-9-20/h1,3-4,7-9,12-13,21,27H,2,5-6,10-11,14-19H2. The Bertz CT molecular complexity index is 682. The molecule has 0 unspecified atom stereocenters. The normalized spacial score (nSPS) is 15.4. The summed E-state index contributed by atoms with van der Waals surface area (Å²) in [5.41, 5.74) is 2.48. The molecule has 1 aliphatic carbocycles. The predicted molar refractivity (Wildman–Crippen MR) is 109 cm³/mol. The lowest BCUT2D eigenvalue weighted by atomic mass is 9.89. The van der Waals surface area contributed by atoms with Gasteiger partial charge in [0.1, 0.15) is 5.82 Å². The fourth-order valence-electron chi connectivity index (χ4n) is 4.19. The van der Waals surface area contributed by atoms with Crippen molar-refractivity contribution in [2.75, 3.05) is 19.6 Å². The molecule has 2 aromatic rings. The van der Waals surface area contributed by atoms with E-state index in [1.165, 1.54) is 37.7 Å². The van der Waals surface area contributed by atoms with Crippen LogP contribution in [0, 0.1) is 11.7 Å². The van der Waals surface area contributed by atoms with Crippen LogP contribution in [0.5, 0.6) is 0 Å². The number of nitrogens with zero attached hydrogens (tertiary/aromatic N) is 1. The topological polar surface area (TPSA) is 23.5 Å². The van der Waals surface area contributed by atoms with Gasteiger partial charge in [-0.15, -0.1) is 0 Å². The van der Waals surface area contributed by atoms with Gasteiger partial charge in [-0.2, -0.15) is 0 Å². The highest BCUT2D eigenvalue weighted by atomic mass is 19.1. The molecule has 0 atom stereocenters. The Labute approximate surface area is 163 Å². The van der Waals surface area contributed by atoms with Gasteiger partial charge in [-0.1, -0.05) is 67.8 Å². The Hall–Kier alpha value is -1.71. The number of hydrogen-bond donors (Lipinski definition) is 1. The van der Waals surface area contributed by atoms with Crippen LogP contribution in [0.15, 0.2) is 48.5 Å². The third-order valence-electron chi connectivity index (χ3n) is 5.83. The molecule has 0 aliphatic heterocycles. The second-order valence-corrected chi connectivity index (χ2v) is 7.84. The lowest BCUT2D eigenvalue weighted by Crippen LogP contribution is -2.34. The van der Waals surface area contributed by atoms with Crippen LogP contribution in [0.2, 0.25) is 0 Å². The van der Waals surface area contributed by atoms with Crippen LogP contribution in [0.25, 0.3) is 0 Å². The van der Waals surface area contributed by atoms with Gasteiger partial charge in [0.25, 0.3) is 0 Å². The molecule has 2 nitrogen and oxygen atoms in total. The monoisotopic (exact) mass is 369 g/mol. The molecule has 0 spiro atoms. The lowest BCUT2D eigenvalue weighted by Gasteiger charge is -2.30. The third kappa shape index (κ3) is 6.15. The summed E-state index contributed by atoms with van der Waals surface area (Å²) in [7, 11) is 0. The maximum absolute atomic E-state index is 14.5. The number of benzene rings is 2. The van der Waals surface area contributed by atoms with Gasteiger partial charge < -0.3 is 10.0 Å². The van der Waals surface area contributed by atoms with Gasteiger partial charge in [0.05, 0.1) is 6.61 Å². The number of aliphatic hydroxyl groups is 1. The predicted octanol–water partition coefficient (Wildman–Crippen LogP) is 4.99. The molecule has 3 rings (SSSR count). The maximum atomic E-state index is 14.5. The highest BCUT2D eigenvalue weighted by Gasteiger charge is 2.18. The van der Waals surface area contributed by atoms with E-state index in [0.717, 1.165) is 37.5 Å². The number of hydrogen-bond acceptors (Lipinski definition) is 2. The van der Waals surface area contributed by atoms with Gasteiger partial charge in [0.15, 0.2) is 0 Å². The Kier molecular flexibility index (Phi) is 7.85. The highest BCUT2D eigenvalue weighted by molar-refractivity contribution is 5.25. The van der Waals surface area contributed by atoms with Crippen LogP contribution < -0.4 is 0 Å². The largest absolute Gasteiger partial charge is 0.392 e. The van der Waals surface area contributed by atoms with Crippen LogP contribution in [0.4, 0.5) is 4.39 Å². The number of aliphatic hydroxyl groups excluding tert-OH is 1. The summed E-state index contributed by atoms with van der Waals surface area (Å²) in [5, 5.41) is 9.30. The van der Waals surface area contributed by atoms with Crippen molar-refractivity contribution in [2.24, 2.45) is 5.92 Å². The Morgan fingerprint density at radius 3 is 2.30 bits per heavy atom.